The van der Waals surface area contributed by atoms with Crippen molar-refractivity contribution in [1.82, 2.24) is 4.90 Å². The summed E-state index contributed by atoms with van der Waals surface area (Å²) < 4.78 is -1.47. The third-order valence-electron chi connectivity index (χ3n) is 8.90. The van der Waals surface area contributed by atoms with E-state index in [4.69, 9.17) is 0 Å². The van der Waals surface area contributed by atoms with Crippen LogP contribution in [-0.2, 0) is 14.4 Å². The first kappa shape index (κ1) is 28.5. The van der Waals surface area contributed by atoms with E-state index in [0.29, 0.717) is 18.5 Å². The van der Waals surface area contributed by atoms with Crippen molar-refractivity contribution in [2.75, 3.05) is 36.0 Å². The average Bonchev–Trinajstić information content (AvgIpc) is 3.45. The second-order valence-electron chi connectivity index (χ2n) is 11.2. The van der Waals surface area contributed by atoms with Gasteiger partial charge in [0.1, 0.15) is 6.04 Å². The van der Waals surface area contributed by atoms with Gasteiger partial charge in [-0.25, -0.2) is 0 Å². The van der Waals surface area contributed by atoms with E-state index >= 15 is 0 Å². The van der Waals surface area contributed by atoms with Crippen LogP contribution in [0.4, 0.5) is 11.4 Å². The maximum absolute atomic E-state index is 14.6. The Morgan fingerprint density at radius 2 is 1.79 bits per heavy atom. The zero-order chi connectivity index (χ0) is 28.0. The van der Waals surface area contributed by atoms with Crippen molar-refractivity contribution >= 4 is 40.9 Å². The number of carboxylic acids is 1. The number of benzene rings is 1. The summed E-state index contributed by atoms with van der Waals surface area (Å²) >= 11 is 1.51. The van der Waals surface area contributed by atoms with Gasteiger partial charge in [-0.05, 0) is 63.8 Å². The molecule has 2 unspecified atom stereocenters. The number of hydrogen-bond donors (Lipinski definition) is 2. The predicted octanol–water partition coefficient (Wildman–Crippen LogP) is 3.63. The number of fused-ring (bicyclic) bond motifs is 1. The van der Waals surface area contributed by atoms with Gasteiger partial charge >= 0.3 is 5.97 Å². The zero-order valence-corrected chi connectivity index (χ0v) is 23.9. The van der Waals surface area contributed by atoms with E-state index in [1.165, 1.54) is 11.8 Å². The van der Waals surface area contributed by atoms with Crippen molar-refractivity contribution in [3.63, 3.8) is 0 Å². The number of carbonyl (C=O) groups excluding carboxylic acids is 2. The monoisotopic (exact) mass is 543 g/mol. The first-order valence-electron chi connectivity index (χ1n) is 13.6. The summed E-state index contributed by atoms with van der Waals surface area (Å²) in [6, 6.07) is 6.35. The molecule has 2 N–H and O–H groups in total. The van der Waals surface area contributed by atoms with Gasteiger partial charge in [-0.15, -0.1) is 18.3 Å². The number of carboxylic acid groups (broad SMARTS) is 1. The molecule has 2 bridgehead atoms. The molecule has 0 saturated carbocycles. The molecule has 0 aliphatic carbocycles. The standard InChI is InChI=1S/C29H41N3O5S/c1-7-16-31(20-12-10-19(11-13-20)30(8-2)9-3)26(35)24-29-15-14-28(6,38-29)23(27(36)37)22(29)25(34)32(24)21(17-33)18(4)5/h7,10-13,18,21-24,33H,1,8-9,14-17H2,2-6H3,(H,36,37)/t21-,22-,23+,24?,28-,29?/m0/s1. The molecule has 1 aromatic rings. The minimum Gasteiger partial charge on any atom is -0.481 e. The number of aliphatic carboxylic acids is 1. The van der Waals surface area contributed by atoms with Crippen LogP contribution < -0.4 is 9.80 Å². The maximum atomic E-state index is 14.6. The summed E-state index contributed by atoms with van der Waals surface area (Å²) in [5.74, 6) is -3.36. The molecule has 6 atom stereocenters. The first-order valence-corrected chi connectivity index (χ1v) is 14.5. The molecular formula is C29H41N3O5S. The van der Waals surface area contributed by atoms with Gasteiger partial charge in [0.15, 0.2) is 0 Å². The lowest BCUT2D eigenvalue weighted by Gasteiger charge is -2.40. The summed E-state index contributed by atoms with van der Waals surface area (Å²) in [7, 11) is 0. The van der Waals surface area contributed by atoms with Crippen LogP contribution in [-0.4, -0.2) is 80.7 Å². The highest BCUT2D eigenvalue weighted by Gasteiger charge is 2.78. The van der Waals surface area contributed by atoms with Gasteiger partial charge in [-0.2, -0.15) is 0 Å². The summed E-state index contributed by atoms with van der Waals surface area (Å²) in [6.45, 7) is 15.5. The number of thioether (sulfide) groups is 1. The van der Waals surface area contributed by atoms with Crippen LogP contribution in [0.25, 0.3) is 0 Å². The third-order valence-corrected chi connectivity index (χ3v) is 10.9. The van der Waals surface area contributed by atoms with Crippen molar-refractivity contribution in [2.24, 2.45) is 17.8 Å². The molecule has 3 aliphatic rings. The van der Waals surface area contributed by atoms with Crippen LogP contribution in [0.3, 0.4) is 0 Å². The fourth-order valence-corrected chi connectivity index (χ4v) is 9.36. The Balaban J connectivity index is 1.81. The summed E-state index contributed by atoms with van der Waals surface area (Å²) in [5.41, 5.74) is 1.75. The topological polar surface area (TPSA) is 101 Å². The Hall–Kier alpha value is -2.52. The van der Waals surface area contributed by atoms with Gasteiger partial charge < -0.3 is 24.9 Å². The Morgan fingerprint density at radius 3 is 2.29 bits per heavy atom. The molecule has 208 valence electrons. The highest BCUT2D eigenvalue weighted by atomic mass is 32.2. The largest absolute Gasteiger partial charge is 0.481 e. The number of aliphatic hydroxyl groups excluding tert-OH is 1. The van der Waals surface area contributed by atoms with Crippen LogP contribution in [0.15, 0.2) is 36.9 Å². The van der Waals surface area contributed by atoms with E-state index in [9.17, 15) is 24.6 Å². The predicted molar refractivity (Wildman–Crippen MR) is 151 cm³/mol. The number of amides is 2. The number of carbonyl (C=O) groups is 3. The second kappa shape index (κ2) is 10.6. The number of aliphatic hydroxyl groups is 1. The highest BCUT2D eigenvalue weighted by Crippen LogP contribution is 2.71. The molecule has 3 heterocycles. The number of nitrogens with zero attached hydrogens (tertiary/aromatic N) is 3. The van der Waals surface area contributed by atoms with Crippen molar-refractivity contribution < 1.29 is 24.6 Å². The summed E-state index contributed by atoms with van der Waals surface area (Å²) in [4.78, 5) is 46.6. The normalized spacial score (nSPS) is 30.4. The molecule has 1 aromatic carbocycles. The Bertz CT molecular complexity index is 1090. The number of hydrogen-bond acceptors (Lipinski definition) is 6. The molecule has 3 saturated heterocycles. The van der Waals surface area contributed by atoms with E-state index in [-0.39, 0.29) is 30.9 Å². The van der Waals surface area contributed by atoms with Crippen LogP contribution >= 0.6 is 11.8 Å². The summed E-state index contributed by atoms with van der Waals surface area (Å²) in [5, 5.41) is 20.6. The molecule has 0 aromatic heterocycles. The minimum atomic E-state index is -0.993. The molecule has 3 aliphatic heterocycles. The number of likely N-dealkylation sites (tertiary alicyclic amines) is 1. The molecule has 2 amide bonds. The Labute approximate surface area is 230 Å². The van der Waals surface area contributed by atoms with E-state index in [2.05, 4.69) is 25.3 Å². The fraction of sp³-hybridized carbons (Fsp3) is 0.621. The van der Waals surface area contributed by atoms with E-state index < -0.39 is 39.4 Å². The van der Waals surface area contributed by atoms with E-state index in [1.54, 1.807) is 15.9 Å². The molecule has 1 spiro atoms. The number of rotatable bonds is 11. The molecular weight excluding hydrogens is 502 g/mol. The van der Waals surface area contributed by atoms with E-state index in [1.807, 2.05) is 45.0 Å². The highest BCUT2D eigenvalue weighted by molar-refractivity contribution is 8.02. The van der Waals surface area contributed by atoms with Gasteiger partial charge in [-0.3, -0.25) is 14.4 Å². The van der Waals surface area contributed by atoms with Crippen LogP contribution in [0.1, 0.15) is 47.5 Å². The molecule has 0 radical (unpaired) electrons. The quantitative estimate of drug-likeness (QED) is 0.411. The van der Waals surface area contributed by atoms with Crippen LogP contribution in [0.5, 0.6) is 0 Å². The second-order valence-corrected chi connectivity index (χ2v) is 13.1. The minimum absolute atomic E-state index is 0.114. The lowest BCUT2D eigenvalue weighted by Crippen LogP contribution is -2.58. The third kappa shape index (κ3) is 4.22. The molecule has 9 heteroatoms. The SMILES string of the molecule is C=CCN(C(=O)C1N([C@@H](CO)C(C)C)C(=O)[C@@H]2[C@H](C(=O)O)[C@]3(C)CCC12S3)c1ccc(N(CC)CC)cc1. The van der Waals surface area contributed by atoms with Gasteiger partial charge in [0.25, 0.3) is 5.91 Å². The molecule has 38 heavy (non-hydrogen) atoms. The van der Waals surface area contributed by atoms with Crippen molar-refractivity contribution in [3.05, 3.63) is 36.9 Å². The van der Waals surface area contributed by atoms with Crippen molar-refractivity contribution in [2.45, 2.75) is 69.0 Å². The van der Waals surface area contributed by atoms with Crippen molar-refractivity contribution in [3.8, 4) is 0 Å². The molecule has 4 rings (SSSR count). The van der Waals surface area contributed by atoms with E-state index in [0.717, 1.165) is 18.8 Å². The Kier molecular flexibility index (Phi) is 7.92. The van der Waals surface area contributed by atoms with Crippen LogP contribution in [0, 0.1) is 17.8 Å². The smallest absolute Gasteiger partial charge is 0.308 e. The molecule has 3 fully saturated rings. The van der Waals surface area contributed by atoms with Gasteiger partial charge in [-0.1, -0.05) is 19.9 Å². The fourth-order valence-electron chi connectivity index (χ4n) is 7.03. The molecule has 8 nitrogen and oxygen atoms in total. The van der Waals surface area contributed by atoms with Crippen LogP contribution in [0.2, 0.25) is 0 Å². The Morgan fingerprint density at radius 1 is 1.18 bits per heavy atom. The van der Waals surface area contributed by atoms with Crippen molar-refractivity contribution in [1.29, 1.82) is 0 Å². The number of anilines is 2. The zero-order valence-electron chi connectivity index (χ0n) is 23.1. The van der Waals surface area contributed by atoms with Gasteiger partial charge in [0, 0.05) is 35.8 Å². The lowest BCUT2D eigenvalue weighted by molar-refractivity contribution is -0.151. The maximum Gasteiger partial charge on any atom is 0.308 e. The average molecular weight is 544 g/mol. The van der Waals surface area contributed by atoms with Gasteiger partial charge in [0.2, 0.25) is 5.91 Å². The summed E-state index contributed by atoms with van der Waals surface area (Å²) in [6.07, 6.45) is 2.88. The van der Waals surface area contributed by atoms with Gasteiger partial charge in [0.05, 0.1) is 29.2 Å². The first-order chi connectivity index (χ1) is 18.0. The lowest BCUT2D eigenvalue weighted by atomic mass is 9.66.